The molecule has 7 nitrogen and oxygen atoms in total. The molecule has 2 aromatic rings. The molecular formula is C28H39FN4O3. The molecular weight excluding hydrogens is 459 g/mol. The number of likely N-dealkylation sites (tertiary alicyclic amines) is 1. The van der Waals surface area contributed by atoms with Crippen molar-refractivity contribution in [2.45, 2.75) is 71.1 Å². The van der Waals surface area contributed by atoms with Crippen LogP contribution in [0, 0.1) is 23.6 Å². The number of carbonyl (C=O) groups excluding carboxylic acids is 1. The molecule has 36 heavy (non-hydrogen) atoms. The second-order valence-corrected chi connectivity index (χ2v) is 11.1. The Morgan fingerprint density at radius 2 is 1.94 bits per heavy atom. The Bertz CT molecular complexity index is 1030. The van der Waals surface area contributed by atoms with Crippen LogP contribution in [0.4, 0.5) is 10.4 Å². The van der Waals surface area contributed by atoms with Crippen LogP contribution < -0.4 is 9.64 Å². The van der Waals surface area contributed by atoms with Crippen molar-refractivity contribution in [1.29, 1.82) is 0 Å². The topological polar surface area (TPSA) is 71.7 Å². The van der Waals surface area contributed by atoms with Crippen molar-refractivity contribution in [3.63, 3.8) is 0 Å². The van der Waals surface area contributed by atoms with Gasteiger partial charge in [0, 0.05) is 38.2 Å². The molecule has 1 aromatic carbocycles. The van der Waals surface area contributed by atoms with E-state index in [1.807, 2.05) is 4.90 Å². The first kappa shape index (κ1) is 25.0. The summed E-state index contributed by atoms with van der Waals surface area (Å²) in [5.74, 6) is 3.47. The van der Waals surface area contributed by atoms with Crippen LogP contribution in [-0.4, -0.2) is 53.7 Å². The van der Waals surface area contributed by atoms with Crippen molar-refractivity contribution in [2.75, 3.05) is 37.7 Å². The number of hydrogen-bond donors (Lipinski definition) is 0. The molecule has 3 aliphatic rings. The van der Waals surface area contributed by atoms with Gasteiger partial charge in [0.05, 0.1) is 13.0 Å². The molecule has 3 heterocycles. The monoisotopic (exact) mass is 498 g/mol. The minimum absolute atomic E-state index is 0.0188. The van der Waals surface area contributed by atoms with E-state index in [4.69, 9.17) is 9.26 Å². The summed E-state index contributed by atoms with van der Waals surface area (Å²) in [4.78, 5) is 21.1. The maximum atomic E-state index is 14.6. The maximum Gasteiger partial charge on any atom is 0.324 e. The highest BCUT2D eigenvalue weighted by molar-refractivity contribution is 5.79. The molecule has 5 rings (SSSR count). The molecule has 1 saturated carbocycles. The highest BCUT2D eigenvalue weighted by atomic mass is 19.1. The third kappa shape index (κ3) is 6.01. The fourth-order valence-electron chi connectivity index (χ4n) is 5.80. The zero-order valence-corrected chi connectivity index (χ0v) is 21.6. The molecule has 0 unspecified atom stereocenters. The van der Waals surface area contributed by atoms with E-state index in [2.05, 4.69) is 28.9 Å². The summed E-state index contributed by atoms with van der Waals surface area (Å²) >= 11 is 0. The lowest BCUT2D eigenvalue weighted by molar-refractivity contribution is -0.131. The molecule has 8 heteroatoms. The lowest BCUT2D eigenvalue weighted by Crippen LogP contribution is -2.36. The number of aromatic nitrogens is 2. The number of anilines is 1. The van der Waals surface area contributed by atoms with E-state index in [1.54, 1.807) is 12.1 Å². The van der Waals surface area contributed by atoms with E-state index in [0.29, 0.717) is 29.9 Å². The van der Waals surface area contributed by atoms with Crippen LogP contribution in [0.2, 0.25) is 0 Å². The first-order valence-electron chi connectivity index (χ1n) is 13.8. The number of nitrogens with zero attached hydrogens (tertiary/aromatic N) is 4. The quantitative estimate of drug-likeness (QED) is 0.473. The van der Waals surface area contributed by atoms with Gasteiger partial charge in [0.1, 0.15) is 11.6 Å². The van der Waals surface area contributed by atoms with Crippen LogP contribution >= 0.6 is 0 Å². The fourth-order valence-corrected chi connectivity index (χ4v) is 5.80. The van der Waals surface area contributed by atoms with Crippen LogP contribution in [0.15, 0.2) is 22.7 Å². The van der Waals surface area contributed by atoms with Gasteiger partial charge in [-0.25, -0.2) is 4.39 Å². The summed E-state index contributed by atoms with van der Waals surface area (Å²) in [5, 5.41) is 4.09. The lowest BCUT2D eigenvalue weighted by atomic mass is 9.90. The zero-order valence-electron chi connectivity index (χ0n) is 21.6. The molecule has 0 bridgehead atoms. The highest BCUT2D eigenvalue weighted by Crippen LogP contribution is 2.50. The van der Waals surface area contributed by atoms with E-state index in [9.17, 15) is 9.18 Å². The number of piperidine rings is 2. The summed E-state index contributed by atoms with van der Waals surface area (Å²) in [5.41, 5.74) is 0.451. The molecule has 1 aromatic heterocycles. The predicted octanol–water partition coefficient (Wildman–Crippen LogP) is 5.21. The molecule has 196 valence electrons. The van der Waals surface area contributed by atoms with Crippen molar-refractivity contribution >= 4 is 11.9 Å². The van der Waals surface area contributed by atoms with Gasteiger partial charge in [-0.15, -0.1) is 0 Å². The van der Waals surface area contributed by atoms with Crippen molar-refractivity contribution < 1.29 is 18.4 Å². The second kappa shape index (κ2) is 11.2. The molecule has 0 radical (unpaired) electrons. The van der Waals surface area contributed by atoms with Crippen LogP contribution in [0.5, 0.6) is 5.75 Å². The average Bonchev–Trinajstić information content (AvgIpc) is 3.48. The maximum absolute atomic E-state index is 14.6. The van der Waals surface area contributed by atoms with Gasteiger partial charge in [-0.05, 0) is 74.3 Å². The van der Waals surface area contributed by atoms with Crippen molar-refractivity contribution in [3.05, 3.63) is 35.4 Å². The van der Waals surface area contributed by atoms with E-state index in [-0.39, 0.29) is 24.1 Å². The number of halogens is 1. The summed E-state index contributed by atoms with van der Waals surface area (Å²) in [6.07, 6.45) is 7.96. The lowest BCUT2D eigenvalue weighted by Gasteiger charge is -2.30. The first-order valence-corrected chi connectivity index (χ1v) is 13.8. The minimum atomic E-state index is -0.351. The molecule has 2 saturated heterocycles. The Hall–Kier alpha value is -2.64. The fraction of sp³-hybridized carbons (Fsp3) is 0.679. The smallest absolute Gasteiger partial charge is 0.324 e. The van der Waals surface area contributed by atoms with Gasteiger partial charge < -0.3 is 19.1 Å². The number of rotatable bonds is 9. The Morgan fingerprint density at radius 1 is 1.17 bits per heavy atom. The number of carbonyl (C=O) groups is 1. The highest BCUT2D eigenvalue weighted by Gasteiger charge is 2.43. The Balaban J connectivity index is 1.02. The van der Waals surface area contributed by atoms with Gasteiger partial charge in [0.25, 0.3) is 0 Å². The zero-order chi connectivity index (χ0) is 25.1. The van der Waals surface area contributed by atoms with Crippen LogP contribution in [0.1, 0.15) is 76.1 Å². The van der Waals surface area contributed by atoms with Crippen LogP contribution in [-0.2, 0) is 11.2 Å². The Morgan fingerprint density at radius 3 is 2.64 bits per heavy atom. The number of amides is 1. The van der Waals surface area contributed by atoms with Gasteiger partial charge in [0.2, 0.25) is 5.91 Å². The van der Waals surface area contributed by atoms with Gasteiger partial charge in [0.15, 0.2) is 5.82 Å². The van der Waals surface area contributed by atoms with E-state index in [1.165, 1.54) is 18.9 Å². The number of ether oxygens (including phenoxy) is 1. The van der Waals surface area contributed by atoms with Gasteiger partial charge >= 0.3 is 6.01 Å². The number of hydrogen-bond acceptors (Lipinski definition) is 6. The first-order chi connectivity index (χ1) is 17.5. The van der Waals surface area contributed by atoms with Crippen LogP contribution in [0.25, 0.3) is 0 Å². The third-order valence-electron chi connectivity index (χ3n) is 8.17. The third-order valence-corrected chi connectivity index (χ3v) is 8.17. The van der Waals surface area contributed by atoms with E-state index >= 15 is 0 Å². The minimum Gasteiger partial charge on any atom is -0.493 e. The van der Waals surface area contributed by atoms with E-state index in [0.717, 1.165) is 75.9 Å². The predicted molar refractivity (Wildman–Crippen MR) is 136 cm³/mol. The normalized spacial score (nSPS) is 22.8. The molecule has 1 amide bonds. The molecule has 0 spiro atoms. The second-order valence-electron chi connectivity index (χ2n) is 11.1. The number of benzene rings is 1. The Labute approximate surface area is 213 Å². The van der Waals surface area contributed by atoms with Crippen LogP contribution in [0.3, 0.4) is 0 Å². The van der Waals surface area contributed by atoms with Crippen molar-refractivity contribution in [3.8, 4) is 5.75 Å². The molecule has 2 aliphatic heterocycles. The summed E-state index contributed by atoms with van der Waals surface area (Å²) in [7, 11) is 0. The standard InChI is InChI=1S/C28H39FN4O3/c1-19(2)27-30-28(36-31-27)33-13-8-20(9-14-33)24-16-21(24)10-15-35-23-7-6-22(25(29)18-23)17-26(34)32-11-4-3-5-12-32/h6-7,18-21,24H,3-5,8-17H2,1-2H3/t21-,24-/m1/s1. The van der Waals surface area contributed by atoms with Gasteiger partial charge in [-0.3, -0.25) is 4.79 Å². The van der Waals surface area contributed by atoms with Gasteiger partial charge in [-0.1, -0.05) is 25.1 Å². The largest absolute Gasteiger partial charge is 0.493 e. The molecule has 1 aliphatic carbocycles. The molecule has 2 atom stereocenters. The average molecular weight is 499 g/mol. The van der Waals surface area contributed by atoms with Crippen molar-refractivity contribution in [2.24, 2.45) is 17.8 Å². The van der Waals surface area contributed by atoms with E-state index < -0.39 is 0 Å². The Kier molecular flexibility index (Phi) is 7.77. The molecule has 0 N–H and O–H groups in total. The molecule has 3 fully saturated rings. The SMILES string of the molecule is CC(C)c1noc(N2CCC([C@H]3C[C@H]3CCOc3ccc(CC(=O)N4CCCCC4)c(F)c3)CC2)n1. The van der Waals surface area contributed by atoms with Crippen molar-refractivity contribution in [1.82, 2.24) is 15.0 Å². The summed E-state index contributed by atoms with van der Waals surface area (Å²) < 4.78 is 25.9. The summed E-state index contributed by atoms with van der Waals surface area (Å²) in [6, 6.07) is 5.59. The summed E-state index contributed by atoms with van der Waals surface area (Å²) in [6.45, 7) is 8.27. The van der Waals surface area contributed by atoms with Gasteiger partial charge in [-0.2, -0.15) is 4.98 Å².